The van der Waals surface area contributed by atoms with Crippen LogP contribution in [0, 0.1) is 0 Å². The number of hydrogen-bond donors (Lipinski definition) is 1. The molecule has 0 spiro atoms. The molecule has 14 heavy (non-hydrogen) atoms. The van der Waals surface area contributed by atoms with Gasteiger partial charge in [-0.2, -0.15) is 0 Å². The van der Waals surface area contributed by atoms with E-state index in [2.05, 4.69) is 4.74 Å². The third-order valence-electron chi connectivity index (χ3n) is 2.00. The highest BCUT2D eigenvalue weighted by Gasteiger charge is 2.21. The summed E-state index contributed by atoms with van der Waals surface area (Å²) in [6.45, 7) is 0.191. The molecule has 76 valence electrons. The lowest BCUT2D eigenvalue weighted by molar-refractivity contribution is -0.142. The normalized spacial score (nSPS) is 12.2. The van der Waals surface area contributed by atoms with Gasteiger partial charge in [-0.15, -0.1) is 0 Å². The summed E-state index contributed by atoms with van der Waals surface area (Å²) >= 11 is 5.94. The molecule has 1 aromatic carbocycles. The molecule has 4 heteroatoms. The minimum atomic E-state index is -0.478. The van der Waals surface area contributed by atoms with Gasteiger partial charge in [-0.1, -0.05) is 29.8 Å². The summed E-state index contributed by atoms with van der Waals surface area (Å²) in [5, 5.41) is 0.536. The topological polar surface area (TPSA) is 52.3 Å². The van der Waals surface area contributed by atoms with Gasteiger partial charge in [0.15, 0.2) is 0 Å². The quantitative estimate of drug-likeness (QED) is 0.776. The van der Waals surface area contributed by atoms with Gasteiger partial charge in [0.2, 0.25) is 0 Å². The van der Waals surface area contributed by atoms with Gasteiger partial charge in [-0.05, 0) is 11.6 Å². The summed E-state index contributed by atoms with van der Waals surface area (Å²) in [7, 11) is 1.34. The number of halogens is 1. The third kappa shape index (κ3) is 2.25. The summed E-state index contributed by atoms with van der Waals surface area (Å²) < 4.78 is 4.64. The molecule has 0 saturated heterocycles. The smallest absolute Gasteiger partial charge is 0.314 e. The summed E-state index contributed by atoms with van der Waals surface area (Å²) in [6, 6.07) is 7.11. The van der Waals surface area contributed by atoms with Crippen molar-refractivity contribution in [3.05, 3.63) is 34.9 Å². The number of rotatable bonds is 3. The molecule has 0 saturated carbocycles. The van der Waals surface area contributed by atoms with Crippen LogP contribution in [0.2, 0.25) is 5.02 Å². The van der Waals surface area contributed by atoms with E-state index in [-0.39, 0.29) is 12.5 Å². The van der Waals surface area contributed by atoms with Crippen molar-refractivity contribution < 1.29 is 9.53 Å². The SMILES string of the molecule is COC(=O)[C@@H](CN)c1ccccc1Cl. The molecular weight excluding hydrogens is 202 g/mol. The molecule has 0 aliphatic carbocycles. The Balaban J connectivity index is 3.01. The minimum Gasteiger partial charge on any atom is -0.469 e. The Morgan fingerprint density at radius 2 is 2.21 bits per heavy atom. The molecule has 0 radical (unpaired) electrons. The number of benzene rings is 1. The van der Waals surface area contributed by atoms with Crippen molar-refractivity contribution in [1.82, 2.24) is 0 Å². The second-order valence-corrected chi connectivity index (χ2v) is 3.24. The highest BCUT2D eigenvalue weighted by Crippen LogP contribution is 2.24. The lowest BCUT2D eigenvalue weighted by Crippen LogP contribution is -2.23. The molecule has 0 heterocycles. The van der Waals surface area contributed by atoms with Crippen LogP contribution in [0.15, 0.2) is 24.3 Å². The van der Waals surface area contributed by atoms with Crippen LogP contribution in [0.25, 0.3) is 0 Å². The average molecular weight is 214 g/mol. The maximum absolute atomic E-state index is 11.3. The van der Waals surface area contributed by atoms with E-state index in [1.165, 1.54) is 7.11 Å². The van der Waals surface area contributed by atoms with Crippen molar-refractivity contribution >= 4 is 17.6 Å². The van der Waals surface area contributed by atoms with Gasteiger partial charge >= 0.3 is 5.97 Å². The maximum Gasteiger partial charge on any atom is 0.314 e. The van der Waals surface area contributed by atoms with Crippen LogP contribution >= 0.6 is 11.6 Å². The molecule has 0 aliphatic heterocycles. The molecule has 0 bridgehead atoms. The first-order valence-electron chi connectivity index (χ1n) is 4.23. The standard InChI is InChI=1S/C10H12ClNO2/c1-14-10(13)8(6-12)7-4-2-3-5-9(7)11/h2-5,8H,6,12H2,1H3/t8-/m0/s1. The fourth-order valence-electron chi connectivity index (χ4n) is 1.25. The first kappa shape index (κ1) is 11.0. The first-order chi connectivity index (χ1) is 6.70. The Morgan fingerprint density at radius 1 is 1.57 bits per heavy atom. The number of carbonyl (C=O) groups excluding carboxylic acids is 1. The van der Waals surface area contributed by atoms with E-state index in [9.17, 15) is 4.79 Å². The highest BCUT2D eigenvalue weighted by molar-refractivity contribution is 6.31. The predicted octanol–water partition coefficient (Wildman–Crippen LogP) is 1.56. The summed E-state index contributed by atoms with van der Waals surface area (Å²) in [5.41, 5.74) is 6.20. The van der Waals surface area contributed by atoms with Crippen molar-refractivity contribution in [2.24, 2.45) is 5.73 Å². The zero-order chi connectivity index (χ0) is 10.6. The average Bonchev–Trinajstić information content (AvgIpc) is 2.21. The fourth-order valence-corrected chi connectivity index (χ4v) is 1.52. The maximum atomic E-state index is 11.3. The van der Waals surface area contributed by atoms with Crippen LogP contribution in [-0.2, 0) is 9.53 Å². The number of nitrogens with two attached hydrogens (primary N) is 1. The molecule has 2 N–H and O–H groups in total. The van der Waals surface area contributed by atoms with Gasteiger partial charge in [0, 0.05) is 11.6 Å². The van der Waals surface area contributed by atoms with E-state index >= 15 is 0 Å². The number of hydrogen-bond acceptors (Lipinski definition) is 3. The summed E-state index contributed by atoms with van der Waals surface area (Å²) in [6.07, 6.45) is 0. The van der Waals surface area contributed by atoms with Gasteiger partial charge < -0.3 is 10.5 Å². The molecule has 0 aliphatic rings. The van der Waals surface area contributed by atoms with E-state index in [1.54, 1.807) is 18.2 Å². The minimum absolute atomic E-state index is 0.191. The Morgan fingerprint density at radius 3 is 2.71 bits per heavy atom. The van der Waals surface area contributed by atoms with Crippen molar-refractivity contribution in [1.29, 1.82) is 0 Å². The van der Waals surface area contributed by atoms with Crippen LogP contribution in [0.5, 0.6) is 0 Å². The predicted molar refractivity (Wildman–Crippen MR) is 55.3 cm³/mol. The number of carbonyl (C=O) groups is 1. The zero-order valence-electron chi connectivity index (χ0n) is 7.87. The third-order valence-corrected chi connectivity index (χ3v) is 2.35. The van der Waals surface area contributed by atoms with Gasteiger partial charge in [0.1, 0.15) is 0 Å². The largest absolute Gasteiger partial charge is 0.469 e. The molecule has 3 nitrogen and oxygen atoms in total. The molecule has 0 unspecified atom stereocenters. The second-order valence-electron chi connectivity index (χ2n) is 2.83. The molecular formula is C10H12ClNO2. The lowest BCUT2D eigenvalue weighted by Gasteiger charge is -2.13. The van der Waals surface area contributed by atoms with Crippen molar-refractivity contribution in [3.63, 3.8) is 0 Å². The molecule has 1 atom stereocenters. The van der Waals surface area contributed by atoms with Gasteiger partial charge in [0.25, 0.3) is 0 Å². The van der Waals surface area contributed by atoms with Crippen molar-refractivity contribution in [2.75, 3.05) is 13.7 Å². The number of esters is 1. The summed E-state index contributed by atoms with van der Waals surface area (Å²) in [5.74, 6) is -0.839. The van der Waals surface area contributed by atoms with Crippen LogP contribution < -0.4 is 5.73 Å². The van der Waals surface area contributed by atoms with E-state index < -0.39 is 5.92 Å². The van der Waals surface area contributed by atoms with E-state index in [0.717, 1.165) is 0 Å². The van der Waals surface area contributed by atoms with Crippen LogP contribution in [-0.4, -0.2) is 19.6 Å². The summed E-state index contributed by atoms with van der Waals surface area (Å²) in [4.78, 5) is 11.3. The second kappa shape index (κ2) is 4.98. The first-order valence-corrected chi connectivity index (χ1v) is 4.60. The van der Waals surface area contributed by atoms with Crippen molar-refractivity contribution in [2.45, 2.75) is 5.92 Å². The number of methoxy groups -OCH3 is 1. The fraction of sp³-hybridized carbons (Fsp3) is 0.300. The van der Waals surface area contributed by atoms with Gasteiger partial charge in [0.05, 0.1) is 13.0 Å². The van der Waals surface area contributed by atoms with Crippen LogP contribution in [0.3, 0.4) is 0 Å². The van der Waals surface area contributed by atoms with Gasteiger partial charge in [-0.3, -0.25) is 4.79 Å². The van der Waals surface area contributed by atoms with Crippen LogP contribution in [0.1, 0.15) is 11.5 Å². The highest BCUT2D eigenvalue weighted by atomic mass is 35.5. The van der Waals surface area contributed by atoms with E-state index in [4.69, 9.17) is 17.3 Å². The zero-order valence-corrected chi connectivity index (χ0v) is 8.62. The Bertz CT molecular complexity index is 328. The van der Waals surface area contributed by atoms with E-state index in [0.29, 0.717) is 10.6 Å². The van der Waals surface area contributed by atoms with E-state index in [1.807, 2.05) is 6.07 Å². The van der Waals surface area contributed by atoms with Crippen molar-refractivity contribution in [3.8, 4) is 0 Å². The Labute approximate surface area is 87.8 Å². The van der Waals surface area contributed by atoms with Gasteiger partial charge in [-0.25, -0.2) is 0 Å². The number of ether oxygens (including phenoxy) is 1. The molecule has 0 amide bonds. The van der Waals surface area contributed by atoms with Crippen LogP contribution in [0.4, 0.5) is 0 Å². The molecule has 0 fully saturated rings. The Hall–Kier alpha value is -1.06. The lowest BCUT2D eigenvalue weighted by atomic mass is 9.99. The molecule has 0 aromatic heterocycles. The molecule has 1 rings (SSSR count). The molecule has 1 aromatic rings. The monoisotopic (exact) mass is 213 g/mol. The Kier molecular flexibility index (Phi) is 3.92.